The van der Waals surface area contributed by atoms with Crippen LogP contribution in [0.4, 0.5) is 11.5 Å². The van der Waals surface area contributed by atoms with E-state index < -0.39 is 0 Å². The lowest BCUT2D eigenvalue weighted by Gasteiger charge is -2.34. The van der Waals surface area contributed by atoms with Gasteiger partial charge in [-0.05, 0) is 31.5 Å². The quantitative estimate of drug-likeness (QED) is 0.828. The van der Waals surface area contributed by atoms with Crippen molar-refractivity contribution < 1.29 is 9.59 Å². The Morgan fingerprint density at radius 2 is 1.85 bits per heavy atom. The molecule has 27 heavy (non-hydrogen) atoms. The maximum Gasteiger partial charge on any atom is 0.278 e. The highest BCUT2D eigenvalue weighted by molar-refractivity contribution is 6.04. The van der Waals surface area contributed by atoms with Crippen molar-refractivity contribution in [3.8, 4) is 0 Å². The molecular formula is C20H25N5O2. The van der Waals surface area contributed by atoms with Crippen LogP contribution < -0.4 is 9.80 Å². The molecule has 2 aromatic rings. The van der Waals surface area contributed by atoms with Crippen LogP contribution in [0.15, 0.2) is 36.7 Å². The number of hydrogen-bond donors (Lipinski definition) is 0. The minimum absolute atomic E-state index is 0.0949. The number of aromatic nitrogens is 2. The molecular weight excluding hydrogens is 342 g/mol. The van der Waals surface area contributed by atoms with Crippen molar-refractivity contribution in [2.45, 2.75) is 20.8 Å². The van der Waals surface area contributed by atoms with E-state index in [2.05, 4.69) is 14.9 Å². The zero-order valence-corrected chi connectivity index (χ0v) is 16.1. The summed E-state index contributed by atoms with van der Waals surface area (Å²) in [5.74, 6) is 0.661. The van der Waals surface area contributed by atoms with Crippen LogP contribution in [-0.2, 0) is 4.79 Å². The molecule has 0 radical (unpaired) electrons. The van der Waals surface area contributed by atoms with Gasteiger partial charge in [0.05, 0.1) is 12.4 Å². The summed E-state index contributed by atoms with van der Waals surface area (Å²) < 4.78 is 0. The zero-order valence-electron chi connectivity index (χ0n) is 16.1. The molecule has 1 fully saturated rings. The van der Waals surface area contributed by atoms with Gasteiger partial charge in [0.25, 0.3) is 5.91 Å². The lowest BCUT2D eigenvalue weighted by atomic mass is 10.2. The molecule has 0 saturated carbocycles. The van der Waals surface area contributed by atoms with Gasteiger partial charge in [-0.25, -0.2) is 9.97 Å². The van der Waals surface area contributed by atoms with Gasteiger partial charge >= 0.3 is 0 Å². The number of hydrogen-bond acceptors (Lipinski definition) is 5. The number of nitrogens with zero attached hydrogens (tertiary/aromatic N) is 5. The van der Waals surface area contributed by atoms with Gasteiger partial charge in [-0.1, -0.05) is 12.1 Å². The van der Waals surface area contributed by atoms with Crippen molar-refractivity contribution in [3.05, 3.63) is 47.9 Å². The number of rotatable bonds is 4. The third kappa shape index (κ3) is 4.24. The fourth-order valence-corrected chi connectivity index (χ4v) is 3.22. The Labute approximate surface area is 159 Å². The molecule has 2 heterocycles. The molecule has 0 atom stereocenters. The van der Waals surface area contributed by atoms with E-state index >= 15 is 0 Å². The summed E-state index contributed by atoms with van der Waals surface area (Å²) in [7, 11) is 0. The van der Waals surface area contributed by atoms with Crippen molar-refractivity contribution in [1.29, 1.82) is 0 Å². The Balaban J connectivity index is 1.71. The van der Waals surface area contributed by atoms with Crippen LogP contribution in [0.3, 0.4) is 0 Å². The largest absolute Gasteiger partial charge is 0.352 e. The van der Waals surface area contributed by atoms with Crippen LogP contribution in [-0.4, -0.2) is 59.4 Å². The highest BCUT2D eigenvalue weighted by Gasteiger charge is 2.21. The van der Waals surface area contributed by atoms with Crippen LogP contribution in [0.5, 0.6) is 0 Å². The van der Waals surface area contributed by atoms with Gasteiger partial charge in [-0.15, -0.1) is 0 Å². The highest BCUT2D eigenvalue weighted by atomic mass is 16.2. The molecule has 0 spiro atoms. The second-order valence-corrected chi connectivity index (χ2v) is 6.64. The first kappa shape index (κ1) is 18.8. The summed E-state index contributed by atoms with van der Waals surface area (Å²) in [6.07, 6.45) is 3.17. The van der Waals surface area contributed by atoms with Crippen LogP contribution in [0.2, 0.25) is 0 Å². The summed E-state index contributed by atoms with van der Waals surface area (Å²) in [6, 6.07) is 7.85. The molecule has 1 aromatic carbocycles. The molecule has 7 nitrogen and oxygen atoms in total. The fourth-order valence-electron chi connectivity index (χ4n) is 3.22. The number of aryl methyl sites for hydroxylation is 1. The minimum Gasteiger partial charge on any atom is -0.352 e. The van der Waals surface area contributed by atoms with Crippen LogP contribution in [0.1, 0.15) is 29.9 Å². The van der Waals surface area contributed by atoms with Crippen molar-refractivity contribution in [2.75, 3.05) is 42.5 Å². The van der Waals surface area contributed by atoms with Gasteiger partial charge in [-0.2, -0.15) is 0 Å². The van der Waals surface area contributed by atoms with Crippen molar-refractivity contribution in [3.63, 3.8) is 0 Å². The molecule has 1 aromatic heterocycles. The topological polar surface area (TPSA) is 69.6 Å². The third-order valence-corrected chi connectivity index (χ3v) is 4.78. The molecule has 1 saturated heterocycles. The molecule has 1 aliphatic heterocycles. The maximum atomic E-state index is 12.9. The normalized spacial score (nSPS) is 14.2. The van der Waals surface area contributed by atoms with Crippen molar-refractivity contribution in [1.82, 2.24) is 14.9 Å². The average Bonchev–Trinajstić information content (AvgIpc) is 2.69. The first-order chi connectivity index (χ1) is 13.0. The minimum atomic E-state index is -0.163. The van der Waals surface area contributed by atoms with Crippen molar-refractivity contribution >= 4 is 23.3 Å². The molecule has 3 rings (SSSR count). The highest BCUT2D eigenvalue weighted by Crippen LogP contribution is 2.19. The fraction of sp³-hybridized carbons (Fsp3) is 0.400. The van der Waals surface area contributed by atoms with Gasteiger partial charge in [0.1, 0.15) is 11.5 Å². The third-order valence-electron chi connectivity index (χ3n) is 4.78. The van der Waals surface area contributed by atoms with Crippen LogP contribution in [0, 0.1) is 6.92 Å². The van der Waals surface area contributed by atoms with Gasteiger partial charge in [0.15, 0.2) is 0 Å². The van der Waals surface area contributed by atoms with E-state index in [0.717, 1.165) is 17.1 Å². The molecule has 0 bridgehead atoms. The van der Waals surface area contributed by atoms with Gasteiger partial charge in [0, 0.05) is 45.3 Å². The number of anilines is 2. The summed E-state index contributed by atoms with van der Waals surface area (Å²) in [4.78, 5) is 38.7. The van der Waals surface area contributed by atoms with E-state index in [1.807, 2.05) is 43.0 Å². The Hall–Kier alpha value is -2.96. The molecule has 1 aliphatic rings. The van der Waals surface area contributed by atoms with Gasteiger partial charge in [-0.3, -0.25) is 9.59 Å². The molecule has 142 valence electrons. The van der Waals surface area contributed by atoms with E-state index in [4.69, 9.17) is 0 Å². The Bertz CT molecular complexity index is 813. The van der Waals surface area contributed by atoms with Gasteiger partial charge < -0.3 is 14.7 Å². The Morgan fingerprint density at radius 1 is 1.11 bits per heavy atom. The maximum absolute atomic E-state index is 12.9. The second kappa shape index (κ2) is 8.16. The van der Waals surface area contributed by atoms with E-state index in [1.165, 1.54) is 6.20 Å². The zero-order chi connectivity index (χ0) is 19.4. The molecule has 7 heteroatoms. The number of carbonyl (C=O) groups excluding carboxylic acids is 2. The summed E-state index contributed by atoms with van der Waals surface area (Å²) in [6.45, 7) is 8.86. The Morgan fingerprint density at radius 3 is 2.41 bits per heavy atom. The van der Waals surface area contributed by atoms with Crippen molar-refractivity contribution in [2.24, 2.45) is 0 Å². The Kier molecular flexibility index (Phi) is 5.69. The predicted molar refractivity (Wildman–Crippen MR) is 105 cm³/mol. The lowest BCUT2D eigenvalue weighted by molar-refractivity contribution is -0.129. The molecule has 0 N–H and O–H groups in total. The first-order valence-electron chi connectivity index (χ1n) is 9.20. The number of carbonyl (C=O) groups is 2. The molecule has 0 aliphatic carbocycles. The molecule has 0 unspecified atom stereocenters. The van der Waals surface area contributed by atoms with E-state index in [9.17, 15) is 9.59 Å². The average molecular weight is 367 g/mol. The number of benzene rings is 1. The predicted octanol–water partition coefficient (Wildman–Crippen LogP) is 2.12. The summed E-state index contributed by atoms with van der Waals surface area (Å²) >= 11 is 0. The smallest absolute Gasteiger partial charge is 0.278 e. The van der Waals surface area contributed by atoms with E-state index in [1.54, 1.807) is 18.0 Å². The number of amides is 2. The van der Waals surface area contributed by atoms with Gasteiger partial charge in [0.2, 0.25) is 5.91 Å². The second-order valence-electron chi connectivity index (χ2n) is 6.64. The monoisotopic (exact) mass is 367 g/mol. The standard InChI is InChI=1S/C20H25N5O2/c1-4-25(17-7-5-6-15(2)12-17)20(27)18-13-22-19(14-21-18)24-10-8-23(9-11-24)16(3)26/h5-7,12-14H,4,8-11H2,1-3H3. The summed E-state index contributed by atoms with van der Waals surface area (Å²) in [5.41, 5.74) is 2.28. The SMILES string of the molecule is CCN(C(=O)c1cnc(N2CCN(C(C)=O)CC2)cn1)c1cccc(C)c1. The van der Waals surface area contributed by atoms with E-state index in [0.29, 0.717) is 38.4 Å². The summed E-state index contributed by atoms with van der Waals surface area (Å²) in [5, 5.41) is 0. The molecule has 2 amide bonds. The number of piperazine rings is 1. The lowest BCUT2D eigenvalue weighted by Crippen LogP contribution is -2.48. The van der Waals surface area contributed by atoms with E-state index in [-0.39, 0.29) is 11.8 Å². The van der Waals surface area contributed by atoms with Crippen LogP contribution >= 0.6 is 0 Å². The van der Waals surface area contributed by atoms with Crippen LogP contribution in [0.25, 0.3) is 0 Å². The first-order valence-corrected chi connectivity index (χ1v) is 9.20.